The zero-order valence-electron chi connectivity index (χ0n) is 15.5. The van der Waals surface area contributed by atoms with Crippen molar-refractivity contribution in [2.24, 2.45) is 0 Å². The maximum absolute atomic E-state index is 12.8. The van der Waals surface area contributed by atoms with Gasteiger partial charge in [0.25, 0.3) is 0 Å². The van der Waals surface area contributed by atoms with Crippen LogP contribution >= 0.6 is 0 Å². The van der Waals surface area contributed by atoms with E-state index in [1.54, 1.807) is 25.3 Å². The predicted molar refractivity (Wildman–Crippen MR) is 107 cm³/mol. The van der Waals surface area contributed by atoms with E-state index in [9.17, 15) is 14.0 Å². The van der Waals surface area contributed by atoms with Crippen LogP contribution in [0.3, 0.4) is 0 Å². The highest BCUT2D eigenvalue weighted by Crippen LogP contribution is 2.23. The summed E-state index contributed by atoms with van der Waals surface area (Å²) >= 11 is 0. The Morgan fingerprint density at radius 2 is 1.96 bits per heavy atom. The molecular formula is C22H21FN2O3. The molecule has 2 aromatic carbocycles. The molecule has 0 bridgehead atoms. The highest BCUT2D eigenvalue weighted by atomic mass is 19.1. The Morgan fingerprint density at radius 3 is 2.71 bits per heavy atom. The summed E-state index contributed by atoms with van der Waals surface area (Å²) in [5.41, 5.74) is 2.77. The lowest BCUT2D eigenvalue weighted by Gasteiger charge is -2.04. The Bertz CT molecular complexity index is 1010. The molecule has 3 rings (SSSR count). The van der Waals surface area contributed by atoms with Gasteiger partial charge >= 0.3 is 0 Å². The number of carbonyl (C=O) groups excluding carboxylic acids is 2. The Kier molecular flexibility index (Phi) is 6.22. The second-order valence-corrected chi connectivity index (χ2v) is 6.35. The summed E-state index contributed by atoms with van der Waals surface area (Å²) in [6.45, 7) is 0.429. The molecule has 0 aliphatic heterocycles. The summed E-state index contributed by atoms with van der Waals surface area (Å²) in [5.74, 6) is -0.197. The van der Waals surface area contributed by atoms with Crippen LogP contribution in [0.1, 0.15) is 17.5 Å². The Labute approximate surface area is 162 Å². The zero-order valence-corrected chi connectivity index (χ0v) is 15.5. The van der Waals surface area contributed by atoms with E-state index >= 15 is 0 Å². The van der Waals surface area contributed by atoms with E-state index in [1.807, 2.05) is 24.4 Å². The first-order valence-electron chi connectivity index (χ1n) is 8.92. The third-order valence-corrected chi connectivity index (χ3v) is 4.36. The molecule has 0 spiro atoms. The molecule has 0 saturated carbocycles. The normalized spacial score (nSPS) is 11.1. The molecule has 0 radical (unpaired) electrons. The number of benzene rings is 2. The lowest BCUT2D eigenvalue weighted by Crippen LogP contribution is -2.27. The monoisotopic (exact) mass is 380 g/mol. The zero-order chi connectivity index (χ0) is 19.9. The fourth-order valence-electron chi connectivity index (χ4n) is 2.87. The molecule has 2 N–H and O–H groups in total. The third-order valence-electron chi connectivity index (χ3n) is 4.36. The minimum Gasteiger partial charge on any atom is -0.497 e. The van der Waals surface area contributed by atoms with Crippen LogP contribution in [-0.2, 0) is 16.0 Å². The van der Waals surface area contributed by atoms with Crippen LogP contribution in [0, 0.1) is 5.82 Å². The number of aromatic nitrogens is 1. The highest BCUT2D eigenvalue weighted by Gasteiger charge is 2.08. The van der Waals surface area contributed by atoms with Crippen LogP contribution in [0.2, 0.25) is 0 Å². The molecule has 0 aliphatic carbocycles. The Balaban J connectivity index is 1.48. The van der Waals surface area contributed by atoms with E-state index in [4.69, 9.17) is 4.74 Å². The summed E-state index contributed by atoms with van der Waals surface area (Å²) in [5, 5.41) is 3.81. The Hall–Kier alpha value is -3.41. The smallest absolute Gasteiger partial charge is 0.227 e. The predicted octanol–water partition coefficient (Wildman–Crippen LogP) is 3.65. The first kappa shape index (κ1) is 19.4. The number of rotatable bonds is 8. The van der Waals surface area contributed by atoms with Gasteiger partial charge in [-0.3, -0.25) is 9.59 Å². The van der Waals surface area contributed by atoms with Gasteiger partial charge in [-0.25, -0.2) is 4.39 Å². The van der Waals surface area contributed by atoms with Gasteiger partial charge in [0.05, 0.1) is 13.5 Å². The minimum absolute atomic E-state index is 0.223. The molecule has 1 heterocycles. The van der Waals surface area contributed by atoms with Crippen molar-refractivity contribution in [1.29, 1.82) is 0 Å². The number of allylic oxidation sites excluding steroid dienone is 1. The average Bonchev–Trinajstić information content (AvgIpc) is 3.09. The van der Waals surface area contributed by atoms with E-state index in [2.05, 4.69) is 10.3 Å². The van der Waals surface area contributed by atoms with Crippen molar-refractivity contribution in [3.63, 3.8) is 0 Å². The highest BCUT2D eigenvalue weighted by molar-refractivity contribution is 6.05. The van der Waals surface area contributed by atoms with Gasteiger partial charge in [0.2, 0.25) is 5.91 Å². The van der Waals surface area contributed by atoms with E-state index in [0.29, 0.717) is 18.5 Å². The molecule has 5 nitrogen and oxygen atoms in total. The number of H-pyrrole nitrogens is 1. The average molecular weight is 380 g/mol. The second-order valence-electron chi connectivity index (χ2n) is 6.35. The molecule has 144 valence electrons. The number of ketones is 1. The van der Waals surface area contributed by atoms with Crippen molar-refractivity contribution in [3.8, 4) is 5.75 Å². The van der Waals surface area contributed by atoms with Gasteiger partial charge in [-0.05, 0) is 54.0 Å². The summed E-state index contributed by atoms with van der Waals surface area (Å²) < 4.78 is 18.1. The fraction of sp³-hybridized carbons (Fsp3) is 0.182. The van der Waals surface area contributed by atoms with Crippen molar-refractivity contribution < 1.29 is 18.7 Å². The lowest BCUT2D eigenvalue weighted by atomic mass is 10.1. The number of carbonyl (C=O) groups is 2. The molecule has 0 aliphatic rings. The van der Waals surface area contributed by atoms with E-state index in [-0.39, 0.29) is 23.9 Å². The van der Waals surface area contributed by atoms with E-state index in [1.165, 1.54) is 18.2 Å². The lowest BCUT2D eigenvalue weighted by molar-refractivity contribution is -0.126. The quantitative estimate of drug-likeness (QED) is 0.463. The molecule has 1 aromatic heterocycles. The van der Waals surface area contributed by atoms with E-state index < -0.39 is 0 Å². The molecule has 0 saturated heterocycles. The third kappa shape index (κ3) is 5.07. The maximum atomic E-state index is 12.8. The van der Waals surface area contributed by atoms with Gasteiger partial charge in [-0.1, -0.05) is 18.2 Å². The standard InChI is InChI=1S/C22H21FN2O3/c1-28-19-8-9-21-20(13-19)16(14-25-21)10-11-24-22(27)12-18(26)7-4-15-2-5-17(23)6-3-15/h2-9,13-14,25H,10-12H2,1H3,(H,24,27)/b7-4+. The molecule has 6 heteroatoms. The van der Waals surface area contributed by atoms with Crippen LogP contribution in [0.5, 0.6) is 5.75 Å². The van der Waals surface area contributed by atoms with Crippen molar-refractivity contribution in [1.82, 2.24) is 10.3 Å². The van der Waals surface area contributed by atoms with Crippen molar-refractivity contribution in [2.45, 2.75) is 12.8 Å². The van der Waals surface area contributed by atoms with Crippen LogP contribution in [-0.4, -0.2) is 30.3 Å². The van der Waals surface area contributed by atoms with Gasteiger partial charge in [0.1, 0.15) is 11.6 Å². The van der Waals surface area contributed by atoms with Gasteiger partial charge in [0, 0.05) is 23.6 Å². The molecule has 3 aromatic rings. The topological polar surface area (TPSA) is 71.2 Å². The summed E-state index contributed by atoms with van der Waals surface area (Å²) in [6, 6.07) is 11.5. The van der Waals surface area contributed by atoms with Crippen LogP contribution < -0.4 is 10.1 Å². The summed E-state index contributed by atoms with van der Waals surface area (Å²) in [6.07, 6.45) is 5.22. The summed E-state index contributed by atoms with van der Waals surface area (Å²) in [7, 11) is 1.62. The van der Waals surface area contributed by atoms with E-state index in [0.717, 1.165) is 22.2 Å². The van der Waals surface area contributed by atoms with Crippen molar-refractivity contribution in [2.75, 3.05) is 13.7 Å². The van der Waals surface area contributed by atoms with Gasteiger partial charge in [0.15, 0.2) is 5.78 Å². The van der Waals surface area contributed by atoms with Crippen molar-refractivity contribution in [3.05, 3.63) is 71.7 Å². The summed E-state index contributed by atoms with van der Waals surface area (Å²) in [4.78, 5) is 27.0. The Morgan fingerprint density at radius 1 is 1.18 bits per heavy atom. The minimum atomic E-state index is -0.337. The first-order chi connectivity index (χ1) is 13.5. The van der Waals surface area contributed by atoms with Crippen LogP contribution in [0.25, 0.3) is 17.0 Å². The first-order valence-corrected chi connectivity index (χ1v) is 8.92. The number of amides is 1. The second kappa shape index (κ2) is 8.99. The van der Waals surface area contributed by atoms with Gasteiger partial charge in [-0.15, -0.1) is 0 Å². The fourth-order valence-corrected chi connectivity index (χ4v) is 2.87. The number of fused-ring (bicyclic) bond motifs is 1. The number of nitrogens with one attached hydrogen (secondary N) is 2. The van der Waals surface area contributed by atoms with Gasteiger partial charge in [-0.2, -0.15) is 0 Å². The van der Waals surface area contributed by atoms with Crippen molar-refractivity contribution >= 4 is 28.7 Å². The number of methoxy groups -OCH3 is 1. The molecule has 0 atom stereocenters. The SMILES string of the molecule is COc1ccc2[nH]cc(CCNC(=O)CC(=O)/C=C/c3ccc(F)cc3)c2c1. The van der Waals surface area contributed by atoms with Crippen LogP contribution in [0.15, 0.2) is 54.7 Å². The number of ether oxygens (including phenoxy) is 1. The van der Waals surface area contributed by atoms with Crippen LogP contribution in [0.4, 0.5) is 4.39 Å². The maximum Gasteiger partial charge on any atom is 0.227 e. The van der Waals surface area contributed by atoms with Gasteiger partial charge < -0.3 is 15.0 Å². The number of hydrogen-bond acceptors (Lipinski definition) is 3. The largest absolute Gasteiger partial charge is 0.497 e. The molecule has 0 unspecified atom stereocenters. The molecule has 1 amide bonds. The number of aromatic amines is 1. The molecule has 0 fully saturated rings. The number of hydrogen-bond donors (Lipinski definition) is 2. The molecule has 28 heavy (non-hydrogen) atoms. The molecular weight excluding hydrogens is 359 g/mol. The number of halogens is 1.